The van der Waals surface area contributed by atoms with Crippen LogP contribution in [0.4, 0.5) is 0 Å². The number of methoxy groups -OCH3 is 1. The van der Waals surface area contributed by atoms with Gasteiger partial charge in [-0.05, 0) is 31.4 Å². The minimum absolute atomic E-state index is 0.197. The first-order valence-electron chi connectivity index (χ1n) is 6.33. The average Bonchev–Trinajstić information content (AvgIpc) is 2.38. The van der Waals surface area contributed by atoms with Crippen molar-refractivity contribution in [2.75, 3.05) is 13.7 Å². The van der Waals surface area contributed by atoms with Gasteiger partial charge in [-0.15, -0.1) is 0 Å². The van der Waals surface area contributed by atoms with E-state index >= 15 is 0 Å². The molecule has 0 radical (unpaired) electrons. The maximum atomic E-state index is 12.2. The van der Waals surface area contributed by atoms with Crippen LogP contribution in [0.3, 0.4) is 0 Å². The van der Waals surface area contributed by atoms with Crippen molar-refractivity contribution < 1.29 is 13.2 Å². The van der Waals surface area contributed by atoms with Crippen molar-refractivity contribution in [1.82, 2.24) is 4.72 Å². The molecule has 2 rings (SSSR count). The summed E-state index contributed by atoms with van der Waals surface area (Å²) in [5.74, 6) is 0. The van der Waals surface area contributed by atoms with Gasteiger partial charge in [0.25, 0.3) is 0 Å². The molecule has 0 aromatic heterocycles. The highest BCUT2D eigenvalue weighted by atomic mass is 32.2. The van der Waals surface area contributed by atoms with Crippen LogP contribution in [0.2, 0.25) is 0 Å². The zero-order chi connectivity index (χ0) is 14.8. The Labute approximate surface area is 124 Å². The minimum Gasteiger partial charge on any atom is -0.389 e. The SMILES string of the molecule is COC1(CNS(=O)(=O)c2ccc(C(N)=S)cc2)CCC1. The van der Waals surface area contributed by atoms with E-state index < -0.39 is 10.0 Å². The minimum atomic E-state index is -3.54. The van der Waals surface area contributed by atoms with Gasteiger partial charge in [0.2, 0.25) is 10.0 Å². The third kappa shape index (κ3) is 3.17. The van der Waals surface area contributed by atoms with E-state index in [9.17, 15) is 8.42 Å². The summed E-state index contributed by atoms with van der Waals surface area (Å²) < 4.78 is 32.4. The monoisotopic (exact) mass is 314 g/mol. The van der Waals surface area contributed by atoms with Crippen LogP contribution in [0.15, 0.2) is 29.2 Å². The molecule has 0 bridgehead atoms. The second kappa shape index (κ2) is 5.77. The van der Waals surface area contributed by atoms with E-state index in [0.717, 1.165) is 19.3 Å². The molecule has 20 heavy (non-hydrogen) atoms. The average molecular weight is 314 g/mol. The summed E-state index contributed by atoms with van der Waals surface area (Å²) in [7, 11) is -1.92. The van der Waals surface area contributed by atoms with Gasteiger partial charge < -0.3 is 10.5 Å². The van der Waals surface area contributed by atoms with E-state index in [0.29, 0.717) is 12.1 Å². The van der Waals surface area contributed by atoms with Gasteiger partial charge in [0.15, 0.2) is 0 Å². The molecule has 0 aliphatic heterocycles. The van der Waals surface area contributed by atoms with E-state index in [2.05, 4.69) is 4.72 Å². The molecule has 110 valence electrons. The molecule has 0 spiro atoms. The van der Waals surface area contributed by atoms with Gasteiger partial charge in [0.1, 0.15) is 4.99 Å². The molecule has 1 saturated carbocycles. The topological polar surface area (TPSA) is 81.4 Å². The third-order valence-electron chi connectivity index (χ3n) is 3.73. The van der Waals surface area contributed by atoms with Crippen molar-refractivity contribution in [2.45, 2.75) is 29.8 Å². The van der Waals surface area contributed by atoms with Crippen LogP contribution in [0.1, 0.15) is 24.8 Å². The highest BCUT2D eigenvalue weighted by molar-refractivity contribution is 7.89. The lowest BCUT2D eigenvalue weighted by molar-refractivity contribution is -0.0659. The fourth-order valence-corrected chi connectivity index (χ4v) is 3.38. The molecule has 7 heteroatoms. The van der Waals surface area contributed by atoms with Crippen LogP contribution in [-0.2, 0) is 14.8 Å². The largest absolute Gasteiger partial charge is 0.389 e. The summed E-state index contributed by atoms with van der Waals surface area (Å²) in [6.07, 6.45) is 2.83. The van der Waals surface area contributed by atoms with Crippen molar-refractivity contribution >= 4 is 27.2 Å². The molecular weight excluding hydrogens is 296 g/mol. The van der Waals surface area contributed by atoms with Gasteiger partial charge >= 0.3 is 0 Å². The van der Waals surface area contributed by atoms with Gasteiger partial charge in [0.05, 0.1) is 10.5 Å². The Morgan fingerprint density at radius 3 is 2.40 bits per heavy atom. The van der Waals surface area contributed by atoms with Gasteiger partial charge in [-0.3, -0.25) is 0 Å². The first-order chi connectivity index (χ1) is 9.38. The normalized spacial score (nSPS) is 17.4. The van der Waals surface area contributed by atoms with Crippen LogP contribution in [-0.4, -0.2) is 32.7 Å². The highest BCUT2D eigenvalue weighted by Gasteiger charge is 2.37. The number of ether oxygens (including phenoxy) is 1. The number of sulfonamides is 1. The highest BCUT2D eigenvalue weighted by Crippen LogP contribution is 2.34. The van der Waals surface area contributed by atoms with Gasteiger partial charge in [-0.1, -0.05) is 24.4 Å². The van der Waals surface area contributed by atoms with Crippen LogP contribution in [0, 0.1) is 0 Å². The van der Waals surface area contributed by atoms with Gasteiger partial charge in [-0.25, -0.2) is 13.1 Å². The molecule has 0 amide bonds. The molecule has 0 atom stereocenters. The molecule has 1 aromatic carbocycles. The lowest BCUT2D eigenvalue weighted by atomic mass is 9.80. The Kier molecular flexibility index (Phi) is 4.43. The van der Waals surface area contributed by atoms with E-state index in [-0.39, 0.29) is 15.5 Å². The number of thiocarbonyl (C=S) groups is 1. The Balaban J connectivity index is 2.08. The molecule has 3 N–H and O–H groups in total. The summed E-state index contributed by atoms with van der Waals surface area (Å²) in [4.78, 5) is 0.442. The standard InChI is InChI=1S/C13H18N2O3S2/c1-18-13(7-2-8-13)9-15-20(16,17)11-5-3-10(4-6-11)12(14)19/h3-6,15H,2,7-9H2,1H3,(H2,14,19). The molecule has 0 saturated heterocycles. The van der Waals surface area contributed by atoms with Gasteiger partial charge in [0, 0.05) is 19.2 Å². The Morgan fingerprint density at radius 2 is 2.00 bits per heavy atom. The lowest BCUT2D eigenvalue weighted by Gasteiger charge is -2.40. The summed E-state index contributed by atoms with van der Waals surface area (Å²) in [6, 6.07) is 6.20. The second-order valence-electron chi connectivity index (χ2n) is 4.95. The van der Waals surface area contributed by atoms with Crippen LogP contribution in [0.5, 0.6) is 0 Å². The molecule has 1 aliphatic rings. The summed E-state index contributed by atoms with van der Waals surface area (Å²) in [5, 5.41) is 0. The maximum absolute atomic E-state index is 12.2. The molecule has 0 heterocycles. The molecule has 0 unspecified atom stereocenters. The first kappa shape index (κ1) is 15.4. The molecule has 1 fully saturated rings. The predicted molar refractivity (Wildman–Crippen MR) is 81.1 cm³/mol. The third-order valence-corrected chi connectivity index (χ3v) is 5.38. The molecular formula is C13H18N2O3S2. The number of hydrogen-bond donors (Lipinski definition) is 2. The van der Waals surface area contributed by atoms with Crippen LogP contribution in [0.25, 0.3) is 0 Å². The lowest BCUT2D eigenvalue weighted by Crippen LogP contribution is -2.49. The fraction of sp³-hybridized carbons (Fsp3) is 0.462. The number of nitrogens with two attached hydrogens (primary N) is 1. The predicted octanol–water partition coefficient (Wildman–Crippen LogP) is 1.17. The number of benzene rings is 1. The van der Waals surface area contributed by atoms with Crippen LogP contribution >= 0.6 is 12.2 Å². The van der Waals surface area contributed by atoms with Gasteiger partial charge in [-0.2, -0.15) is 0 Å². The maximum Gasteiger partial charge on any atom is 0.240 e. The van der Waals surface area contributed by atoms with Crippen molar-refractivity contribution in [3.8, 4) is 0 Å². The zero-order valence-corrected chi connectivity index (χ0v) is 12.9. The quantitative estimate of drug-likeness (QED) is 0.770. The fourth-order valence-electron chi connectivity index (χ4n) is 2.13. The zero-order valence-electron chi connectivity index (χ0n) is 11.3. The smallest absolute Gasteiger partial charge is 0.240 e. The number of rotatable bonds is 6. The van der Waals surface area contributed by atoms with E-state index in [4.69, 9.17) is 22.7 Å². The Morgan fingerprint density at radius 1 is 1.40 bits per heavy atom. The molecule has 1 aromatic rings. The number of nitrogens with one attached hydrogen (secondary N) is 1. The first-order valence-corrected chi connectivity index (χ1v) is 8.22. The molecule has 1 aliphatic carbocycles. The summed E-state index contributed by atoms with van der Waals surface area (Å²) in [5.41, 5.74) is 5.79. The van der Waals surface area contributed by atoms with Crippen LogP contribution < -0.4 is 10.5 Å². The number of hydrogen-bond acceptors (Lipinski definition) is 4. The van der Waals surface area contributed by atoms with E-state index in [1.807, 2.05) is 0 Å². The summed E-state index contributed by atoms with van der Waals surface area (Å²) >= 11 is 4.83. The van der Waals surface area contributed by atoms with Crippen molar-refractivity contribution in [3.05, 3.63) is 29.8 Å². The summed E-state index contributed by atoms with van der Waals surface area (Å²) in [6.45, 7) is 0.295. The Bertz CT molecular complexity index is 587. The van der Waals surface area contributed by atoms with Crippen molar-refractivity contribution in [3.63, 3.8) is 0 Å². The molecule has 5 nitrogen and oxygen atoms in total. The van der Waals surface area contributed by atoms with Crippen molar-refractivity contribution in [2.24, 2.45) is 5.73 Å². The second-order valence-corrected chi connectivity index (χ2v) is 7.16. The van der Waals surface area contributed by atoms with Crippen molar-refractivity contribution in [1.29, 1.82) is 0 Å². The Hall–Kier alpha value is -1.02. The van der Waals surface area contributed by atoms with E-state index in [1.165, 1.54) is 12.1 Å². The van der Waals surface area contributed by atoms with E-state index in [1.54, 1.807) is 19.2 Å².